The van der Waals surface area contributed by atoms with Gasteiger partial charge >= 0.3 is 0 Å². The molecule has 1 aliphatic rings. The number of Topliss-reactive ketones (excluding diaryl/α,β-unsaturated/α-hetero) is 1. The Labute approximate surface area is 220 Å². The Morgan fingerprint density at radius 3 is 2.43 bits per heavy atom. The molecule has 1 atom stereocenters. The van der Waals surface area contributed by atoms with Gasteiger partial charge in [-0.2, -0.15) is 0 Å². The number of aliphatic hydroxyl groups is 1. The molecule has 8 heteroatoms. The van der Waals surface area contributed by atoms with E-state index in [1.807, 2.05) is 17.5 Å². The fourth-order valence-corrected chi connectivity index (χ4v) is 5.17. The van der Waals surface area contributed by atoms with Crippen molar-refractivity contribution in [3.63, 3.8) is 0 Å². The number of likely N-dealkylation sites (tertiary alicyclic amines) is 1. The van der Waals surface area contributed by atoms with E-state index >= 15 is 0 Å². The maximum absolute atomic E-state index is 13.4. The molecule has 0 bridgehead atoms. The van der Waals surface area contributed by atoms with Crippen LogP contribution < -0.4 is 14.2 Å². The fraction of sp³-hybridized carbons (Fsp3) is 0.310. The first-order valence-electron chi connectivity index (χ1n) is 12.2. The van der Waals surface area contributed by atoms with E-state index in [0.717, 1.165) is 24.1 Å². The highest BCUT2D eigenvalue weighted by atomic mass is 32.1. The number of hydrogen-bond acceptors (Lipinski definition) is 7. The van der Waals surface area contributed by atoms with E-state index in [-0.39, 0.29) is 17.9 Å². The molecule has 37 heavy (non-hydrogen) atoms. The molecule has 0 spiro atoms. The Bertz CT molecular complexity index is 1270. The van der Waals surface area contributed by atoms with E-state index in [9.17, 15) is 14.7 Å². The number of hydrogen-bond donors (Lipinski definition) is 1. The summed E-state index contributed by atoms with van der Waals surface area (Å²) in [6.45, 7) is 2.97. The number of methoxy groups -OCH3 is 2. The molecule has 1 aliphatic heterocycles. The number of para-hydroxylation sites is 1. The van der Waals surface area contributed by atoms with Gasteiger partial charge in [-0.3, -0.25) is 9.59 Å². The van der Waals surface area contributed by atoms with Gasteiger partial charge in [0, 0.05) is 16.0 Å². The number of ketones is 1. The minimum Gasteiger partial charge on any atom is -0.507 e. The standard InChI is InChI=1S/C29H31NO6S/c1-4-5-6-16-36-20-14-12-19(13-15-20)26(31)24-25(22-10-7-11-23(34-2)28(22)35-3)30(29(33)27(24)32)18-21-9-8-17-37-21/h7-15,17,25,31H,4-6,16,18H2,1-3H3/b26-24+. The fourth-order valence-electron chi connectivity index (χ4n) is 4.47. The molecule has 1 amide bonds. The van der Waals surface area contributed by atoms with Gasteiger partial charge in [-0.15, -0.1) is 11.3 Å². The normalized spacial score (nSPS) is 16.7. The van der Waals surface area contributed by atoms with E-state index < -0.39 is 17.7 Å². The minimum atomic E-state index is -0.864. The number of amides is 1. The molecule has 1 N–H and O–H groups in total. The quantitative estimate of drug-likeness (QED) is 0.145. The summed E-state index contributed by atoms with van der Waals surface area (Å²) >= 11 is 1.49. The van der Waals surface area contributed by atoms with Gasteiger partial charge in [-0.1, -0.05) is 38.0 Å². The molecule has 0 aliphatic carbocycles. The Kier molecular flexibility index (Phi) is 8.50. The summed E-state index contributed by atoms with van der Waals surface area (Å²) in [7, 11) is 3.03. The molecule has 1 fully saturated rings. The lowest BCUT2D eigenvalue weighted by Crippen LogP contribution is -2.29. The van der Waals surface area contributed by atoms with Crippen molar-refractivity contribution in [2.45, 2.75) is 38.8 Å². The van der Waals surface area contributed by atoms with Crippen molar-refractivity contribution in [3.8, 4) is 17.2 Å². The van der Waals surface area contributed by atoms with Crippen LogP contribution in [0.4, 0.5) is 0 Å². The summed E-state index contributed by atoms with van der Waals surface area (Å²) < 4.78 is 16.9. The van der Waals surface area contributed by atoms with E-state index in [1.54, 1.807) is 42.5 Å². The number of nitrogens with zero attached hydrogens (tertiary/aromatic N) is 1. The van der Waals surface area contributed by atoms with Crippen molar-refractivity contribution in [3.05, 3.63) is 81.6 Å². The number of benzene rings is 2. The number of ether oxygens (including phenoxy) is 3. The van der Waals surface area contributed by atoms with Gasteiger partial charge in [0.15, 0.2) is 11.5 Å². The molecule has 4 rings (SSSR count). The summed E-state index contributed by atoms with van der Waals surface area (Å²) in [6.07, 6.45) is 3.17. The van der Waals surface area contributed by atoms with Crippen LogP contribution in [0.25, 0.3) is 5.76 Å². The van der Waals surface area contributed by atoms with Crippen LogP contribution in [0.2, 0.25) is 0 Å². The summed E-state index contributed by atoms with van der Waals surface area (Å²) in [6, 6.07) is 15.1. The highest BCUT2D eigenvalue weighted by Gasteiger charge is 2.47. The highest BCUT2D eigenvalue weighted by molar-refractivity contribution is 7.09. The van der Waals surface area contributed by atoms with Crippen molar-refractivity contribution in [2.75, 3.05) is 20.8 Å². The van der Waals surface area contributed by atoms with E-state index in [4.69, 9.17) is 14.2 Å². The Hall–Kier alpha value is -3.78. The largest absolute Gasteiger partial charge is 0.507 e. The predicted octanol–water partition coefficient (Wildman–Crippen LogP) is 5.96. The number of thiophene rings is 1. The van der Waals surface area contributed by atoms with Crippen molar-refractivity contribution in [1.82, 2.24) is 4.90 Å². The van der Waals surface area contributed by atoms with E-state index in [1.165, 1.54) is 30.5 Å². The first-order chi connectivity index (χ1) is 18.0. The first kappa shape index (κ1) is 26.3. The van der Waals surface area contributed by atoms with Gasteiger partial charge in [-0.05, 0) is 48.2 Å². The molecule has 2 aromatic carbocycles. The van der Waals surface area contributed by atoms with Gasteiger partial charge in [-0.25, -0.2) is 0 Å². The molecule has 1 saturated heterocycles. The molecule has 3 aromatic rings. The van der Waals surface area contributed by atoms with Crippen LogP contribution >= 0.6 is 11.3 Å². The third-order valence-corrected chi connectivity index (χ3v) is 7.18. The van der Waals surface area contributed by atoms with Gasteiger partial charge < -0.3 is 24.2 Å². The maximum Gasteiger partial charge on any atom is 0.295 e. The molecule has 0 saturated carbocycles. The van der Waals surface area contributed by atoms with Crippen LogP contribution in [0.3, 0.4) is 0 Å². The third-order valence-electron chi connectivity index (χ3n) is 6.32. The predicted molar refractivity (Wildman–Crippen MR) is 143 cm³/mol. The maximum atomic E-state index is 13.4. The highest BCUT2D eigenvalue weighted by Crippen LogP contribution is 2.46. The van der Waals surface area contributed by atoms with Crippen molar-refractivity contribution in [1.29, 1.82) is 0 Å². The number of carbonyl (C=O) groups excluding carboxylic acids is 2. The number of aliphatic hydroxyl groups excluding tert-OH is 1. The van der Waals surface area contributed by atoms with Gasteiger partial charge in [0.2, 0.25) is 0 Å². The van der Waals surface area contributed by atoms with Crippen LogP contribution in [0.1, 0.15) is 48.2 Å². The van der Waals surface area contributed by atoms with E-state index in [0.29, 0.717) is 35.0 Å². The molecular formula is C29H31NO6S. The molecular weight excluding hydrogens is 490 g/mol. The zero-order valence-corrected chi connectivity index (χ0v) is 22.0. The lowest BCUT2D eigenvalue weighted by atomic mass is 9.94. The lowest BCUT2D eigenvalue weighted by molar-refractivity contribution is -0.140. The minimum absolute atomic E-state index is 0.00437. The monoisotopic (exact) mass is 521 g/mol. The Morgan fingerprint density at radius 2 is 1.78 bits per heavy atom. The van der Waals surface area contributed by atoms with Crippen molar-refractivity contribution < 1.29 is 28.9 Å². The number of carbonyl (C=O) groups is 2. The van der Waals surface area contributed by atoms with Crippen LogP contribution in [0, 0.1) is 0 Å². The molecule has 1 aromatic heterocycles. The summed E-state index contributed by atoms with van der Waals surface area (Å²) in [5.41, 5.74) is 0.974. The molecule has 2 heterocycles. The van der Waals surface area contributed by atoms with Crippen LogP contribution in [0.15, 0.2) is 65.6 Å². The third kappa shape index (κ3) is 5.49. The Morgan fingerprint density at radius 1 is 1.00 bits per heavy atom. The van der Waals surface area contributed by atoms with Crippen LogP contribution in [-0.4, -0.2) is 42.5 Å². The second kappa shape index (κ2) is 12.0. The number of rotatable bonds is 11. The van der Waals surface area contributed by atoms with Gasteiger partial charge in [0.25, 0.3) is 11.7 Å². The number of unbranched alkanes of at least 4 members (excludes halogenated alkanes) is 2. The van der Waals surface area contributed by atoms with Crippen LogP contribution in [-0.2, 0) is 16.1 Å². The second-order valence-corrected chi connectivity index (χ2v) is 9.70. The Balaban J connectivity index is 1.77. The average molecular weight is 522 g/mol. The topological polar surface area (TPSA) is 85.3 Å². The summed E-state index contributed by atoms with van der Waals surface area (Å²) in [5.74, 6) is -0.137. The van der Waals surface area contributed by atoms with Crippen LogP contribution in [0.5, 0.6) is 17.2 Å². The van der Waals surface area contributed by atoms with Gasteiger partial charge in [0.05, 0.1) is 39.0 Å². The first-order valence-corrected chi connectivity index (χ1v) is 13.1. The zero-order valence-electron chi connectivity index (χ0n) is 21.2. The zero-order chi connectivity index (χ0) is 26.4. The van der Waals surface area contributed by atoms with Crippen molar-refractivity contribution >= 4 is 28.8 Å². The molecule has 1 unspecified atom stereocenters. The molecule has 7 nitrogen and oxygen atoms in total. The summed E-state index contributed by atoms with van der Waals surface area (Å²) in [4.78, 5) is 29.0. The van der Waals surface area contributed by atoms with E-state index in [2.05, 4.69) is 6.92 Å². The van der Waals surface area contributed by atoms with Gasteiger partial charge in [0.1, 0.15) is 11.5 Å². The molecule has 194 valence electrons. The summed E-state index contributed by atoms with van der Waals surface area (Å²) in [5, 5.41) is 13.3. The molecule has 0 radical (unpaired) electrons. The second-order valence-electron chi connectivity index (χ2n) is 8.67. The smallest absolute Gasteiger partial charge is 0.295 e. The lowest BCUT2D eigenvalue weighted by Gasteiger charge is -2.26. The van der Waals surface area contributed by atoms with Crippen molar-refractivity contribution in [2.24, 2.45) is 0 Å². The SMILES string of the molecule is CCCCCOc1ccc(/C(O)=C2\C(=O)C(=O)N(Cc3cccs3)C2c2cccc(OC)c2OC)cc1. The average Bonchev–Trinajstić information content (AvgIpc) is 3.53.